The van der Waals surface area contributed by atoms with E-state index < -0.39 is 0 Å². The van der Waals surface area contributed by atoms with Crippen LogP contribution in [0.1, 0.15) is 23.9 Å². The van der Waals surface area contributed by atoms with E-state index in [1.807, 2.05) is 13.8 Å². The lowest BCUT2D eigenvalue weighted by molar-refractivity contribution is 0.783. The highest BCUT2D eigenvalue weighted by Gasteiger charge is 2.10. The zero-order valence-corrected chi connectivity index (χ0v) is 12.3. The molecule has 2 rings (SSSR count). The predicted octanol–water partition coefficient (Wildman–Crippen LogP) is 3.85. The Labute approximate surface area is 116 Å². The Hall–Kier alpha value is -1.13. The van der Waals surface area contributed by atoms with Crippen molar-refractivity contribution in [3.8, 4) is 0 Å². The number of anilines is 1. The van der Waals surface area contributed by atoms with Gasteiger partial charge in [0.15, 0.2) is 11.0 Å². The summed E-state index contributed by atoms with van der Waals surface area (Å²) in [7, 11) is 0. The van der Waals surface area contributed by atoms with Gasteiger partial charge in [-0.15, -0.1) is 0 Å². The van der Waals surface area contributed by atoms with Crippen molar-refractivity contribution >= 4 is 28.8 Å². The van der Waals surface area contributed by atoms with Gasteiger partial charge in [0.25, 0.3) is 0 Å². The monoisotopic (exact) mass is 281 g/mol. The molecule has 0 saturated heterocycles. The van der Waals surface area contributed by atoms with E-state index in [2.05, 4.69) is 39.0 Å². The van der Waals surface area contributed by atoms with Crippen LogP contribution in [0.3, 0.4) is 0 Å². The summed E-state index contributed by atoms with van der Waals surface area (Å²) >= 11 is 7.81. The van der Waals surface area contributed by atoms with Crippen LogP contribution >= 0.6 is 22.9 Å². The Balaban J connectivity index is 2.07. The highest BCUT2D eigenvalue weighted by atomic mass is 35.5. The lowest BCUT2D eigenvalue weighted by Gasteiger charge is -2.15. The first-order valence-corrected chi connectivity index (χ1v) is 7.16. The fourth-order valence-electron chi connectivity index (χ4n) is 1.71. The zero-order chi connectivity index (χ0) is 13.1. The minimum absolute atomic E-state index is 0.272. The predicted molar refractivity (Wildman–Crippen MR) is 77.6 cm³/mol. The highest BCUT2D eigenvalue weighted by molar-refractivity contribution is 7.07. The van der Waals surface area contributed by atoms with Crippen molar-refractivity contribution in [2.24, 2.45) is 0 Å². The Morgan fingerprint density at radius 1 is 1.33 bits per heavy atom. The van der Waals surface area contributed by atoms with Gasteiger partial charge in [-0.1, -0.05) is 11.6 Å². The van der Waals surface area contributed by atoms with Crippen LogP contribution in [0.15, 0.2) is 16.8 Å². The highest BCUT2D eigenvalue weighted by Crippen LogP contribution is 2.20. The number of aromatic nitrogens is 2. The van der Waals surface area contributed by atoms with Crippen molar-refractivity contribution in [2.75, 3.05) is 5.32 Å². The summed E-state index contributed by atoms with van der Waals surface area (Å²) in [6.45, 7) is 5.96. The molecule has 0 saturated carbocycles. The second kappa shape index (κ2) is 5.67. The maximum Gasteiger partial charge on any atom is 0.171 e. The number of aryl methyl sites for hydroxylation is 2. The van der Waals surface area contributed by atoms with Crippen LogP contribution in [-0.2, 0) is 6.42 Å². The van der Waals surface area contributed by atoms with E-state index in [4.69, 9.17) is 11.6 Å². The molecule has 0 aromatic carbocycles. The molecular weight excluding hydrogens is 266 g/mol. The molecule has 0 fully saturated rings. The Morgan fingerprint density at radius 3 is 2.72 bits per heavy atom. The summed E-state index contributed by atoms with van der Waals surface area (Å²) in [5.74, 6) is 0.669. The molecule has 1 unspecified atom stereocenters. The first-order valence-electron chi connectivity index (χ1n) is 5.84. The van der Waals surface area contributed by atoms with Crippen molar-refractivity contribution < 1.29 is 0 Å². The molecule has 0 aliphatic carbocycles. The number of hydrogen-bond donors (Lipinski definition) is 1. The second-order valence-electron chi connectivity index (χ2n) is 4.41. The van der Waals surface area contributed by atoms with E-state index in [1.165, 1.54) is 5.56 Å². The molecule has 1 atom stereocenters. The number of hydrogen-bond acceptors (Lipinski definition) is 4. The van der Waals surface area contributed by atoms with Gasteiger partial charge in [0.05, 0.1) is 11.4 Å². The first-order chi connectivity index (χ1) is 8.56. The molecule has 2 heterocycles. The van der Waals surface area contributed by atoms with E-state index >= 15 is 0 Å². The lowest BCUT2D eigenvalue weighted by Crippen LogP contribution is -2.19. The summed E-state index contributed by atoms with van der Waals surface area (Å²) in [4.78, 5) is 8.70. The summed E-state index contributed by atoms with van der Waals surface area (Å²) in [5.41, 5.74) is 3.11. The molecule has 0 radical (unpaired) electrons. The molecule has 1 N–H and O–H groups in total. The molecule has 0 spiro atoms. The molecule has 3 nitrogen and oxygen atoms in total. The van der Waals surface area contributed by atoms with Crippen LogP contribution in [0.4, 0.5) is 5.82 Å². The van der Waals surface area contributed by atoms with Gasteiger partial charge >= 0.3 is 0 Å². The standard InChI is InChI=1S/C13H16ClN3S/c1-8(6-11-4-5-18-7-11)15-13-12(14)16-9(2)10(3)17-13/h4-5,7-8H,6H2,1-3H3,(H,15,17). The zero-order valence-electron chi connectivity index (χ0n) is 10.7. The summed E-state index contributed by atoms with van der Waals surface area (Å²) < 4.78 is 0. The Bertz CT molecular complexity index is 525. The maximum absolute atomic E-state index is 6.09. The SMILES string of the molecule is Cc1nc(Cl)c(NC(C)Cc2ccsc2)nc1C. The molecule has 5 heteroatoms. The average molecular weight is 282 g/mol. The van der Waals surface area contributed by atoms with Crippen molar-refractivity contribution in [3.05, 3.63) is 38.9 Å². The van der Waals surface area contributed by atoms with Crippen LogP contribution in [0.5, 0.6) is 0 Å². The Morgan fingerprint density at radius 2 is 2.06 bits per heavy atom. The second-order valence-corrected chi connectivity index (χ2v) is 5.55. The molecule has 2 aromatic rings. The van der Waals surface area contributed by atoms with E-state index in [1.54, 1.807) is 11.3 Å². The summed E-state index contributed by atoms with van der Waals surface area (Å²) in [5, 5.41) is 8.00. The van der Waals surface area contributed by atoms with Crippen molar-refractivity contribution in [2.45, 2.75) is 33.2 Å². The quantitative estimate of drug-likeness (QED) is 0.925. The third-order valence-electron chi connectivity index (χ3n) is 2.77. The fourth-order valence-corrected chi connectivity index (χ4v) is 2.62. The van der Waals surface area contributed by atoms with Crippen LogP contribution in [0, 0.1) is 13.8 Å². The minimum atomic E-state index is 0.272. The van der Waals surface area contributed by atoms with Crippen LogP contribution in [0.2, 0.25) is 5.15 Å². The minimum Gasteiger partial charge on any atom is -0.365 e. The van der Waals surface area contributed by atoms with Crippen LogP contribution in [0.25, 0.3) is 0 Å². The molecule has 0 aliphatic heterocycles. The molecule has 18 heavy (non-hydrogen) atoms. The normalized spacial score (nSPS) is 12.4. The number of nitrogens with one attached hydrogen (secondary N) is 1. The fraction of sp³-hybridized carbons (Fsp3) is 0.385. The number of nitrogens with zero attached hydrogens (tertiary/aromatic N) is 2. The van der Waals surface area contributed by atoms with Crippen molar-refractivity contribution in [3.63, 3.8) is 0 Å². The van der Waals surface area contributed by atoms with Crippen molar-refractivity contribution in [1.82, 2.24) is 9.97 Å². The molecule has 0 amide bonds. The van der Waals surface area contributed by atoms with Crippen LogP contribution in [-0.4, -0.2) is 16.0 Å². The average Bonchev–Trinajstić information content (AvgIpc) is 2.78. The number of thiophene rings is 1. The maximum atomic E-state index is 6.09. The Kier molecular flexibility index (Phi) is 4.19. The molecule has 96 valence electrons. The van der Waals surface area contributed by atoms with Crippen LogP contribution < -0.4 is 5.32 Å². The smallest absolute Gasteiger partial charge is 0.171 e. The third kappa shape index (κ3) is 3.21. The van der Waals surface area contributed by atoms with Gasteiger partial charge in [-0.25, -0.2) is 9.97 Å². The summed E-state index contributed by atoms with van der Waals surface area (Å²) in [6, 6.07) is 2.41. The van der Waals surface area contributed by atoms with Gasteiger partial charge in [-0.3, -0.25) is 0 Å². The topological polar surface area (TPSA) is 37.8 Å². The van der Waals surface area contributed by atoms with Crippen molar-refractivity contribution in [1.29, 1.82) is 0 Å². The number of rotatable bonds is 4. The van der Waals surface area contributed by atoms with E-state index in [0.29, 0.717) is 11.0 Å². The van der Waals surface area contributed by atoms with E-state index in [0.717, 1.165) is 17.8 Å². The number of halogens is 1. The van der Waals surface area contributed by atoms with Gasteiger partial charge in [0, 0.05) is 6.04 Å². The first kappa shape index (κ1) is 13.3. The largest absolute Gasteiger partial charge is 0.365 e. The third-order valence-corrected chi connectivity index (χ3v) is 3.77. The van der Waals surface area contributed by atoms with Gasteiger partial charge < -0.3 is 5.32 Å². The van der Waals surface area contributed by atoms with E-state index in [-0.39, 0.29) is 6.04 Å². The molecule has 0 bridgehead atoms. The molecule has 2 aromatic heterocycles. The van der Waals surface area contributed by atoms with Gasteiger partial charge in [0.1, 0.15) is 0 Å². The van der Waals surface area contributed by atoms with E-state index in [9.17, 15) is 0 Å². The van der Waals surface area contributed by atoms with Gasteiger partial charge in [0.2, 0.25) is 0 Å². The summed E-state index contributed by atoms with van der Waals surface area (Å²) in [6.07, 6.45) is 0.953. The molecule has 0 aliphatic rings. The van der Waals surface area contributed by atoms with Gasteiger partial charge in [-0.05, 0) is 49.6 Å². The lowest BCUT2D eigenvalue weighted by atomic mass is 10.1. The molecular formula is C13H16ClN3S. The van der Waals surface area contributed by atoms with Gasteiger partial charge in [-0.2, -0.15) is 11.3 Å².